The Kier molecular flexibility index (Phi) is 7.58. The molecular weight excluding hydrogens is 232 g/mol. The molecule has 17 heavy (non-hydrogen) atoms. The van der Waals surface area contributed by atoms with E-state index >= 15 is 0 Å². The normalized spacial score (nSPS) is 24.8. The summed E-state index contributed by atoms with van der Waals surface area (Å²) in [5.41, 5.74) is 0. The minimum atomic E-state index is -0.0630. The molecule has 1 aliphatic rings. The molecule has 0 aromatic rings. The van der Waals surface area contributed by atoms with E-state index in [1.54, 1.807) is 6.92 Å². The third-order valence-electron chi connectivity index (χ3n) is 3.31. The Morgan fingerprint density at radius 2 is 1.53 bits per heavy atom. The van der Waals surface area contributed by atoms with Crippen LogP contribution in [0.25, 0.3) is 0 Å². The number of Topliss-reactive ketones (excluding diaryl/α,β-unsaturated/α-hetero) is 1. The highest BCUT2D eigenvalue weighted by Crippen LogP contribution is 2.23. The lowest BCUT2D eigenvalue weighted by molar-refractivity contribution is -0.119. The fourth-order valence-electron chi connectivity index (χ4n) is 2.34. The Bertz CT molecular complexity index is 251. The number of carbonyl (C=O) groups excluding carboxylic acids is 2. The van der Waals surface area contributed by atoms with Gasteiger partial charge in [0.1, 0.15) is 5.78 Å². The van der Waals surface area contributed by atoms with Crippen LogP contribution in [0.1, 0.15) is 71.1 Å². The molecule has 0 aromatic carbocycles. The van der Waals surface area contributed by atoms with Crippen LogP contribution in [0.2, 0.25) is 0 Å². The van der Waals surface area contributed by atoms with Crippen molar-refractivity contribution in [3.05, 3.63) is 0 Å². The van der Waals surface area contributed by atoms with Crippen LogP contribution in [0.5, 0.6) is 0 Å². The zero-order valence-corrected chi connectivity index (χ0v) is 11.7. The highest BCUT2D eigenvalue weighted by atomic mass is 32.2. The largest absolute Gasteiger partial charge is 0.298 e. The molecule has 0 spiro atoms. The van der Waals surface area contributed by atoms with E-state index < -0.39 is 0 Å². The molecule has 0 radical (unpaired) electrons. The molecule has 0 heterocycles. The van der Waals surface area contributed by atoms with Crippen LogP contribution in [0.15, 0.2) is 0 Å². The first kappa shape index (κ1) is 14.7. The fourth-order valence-corrected chi connectivity index (χ4v) is 3.27. The van der Waals surface area contributed by atoms with Crippen molar-refractivity contribution in [3.63, 3.8) is 0 Å². The van der Waals surface area contributed by atoms with E-state index in [0.29, 0.717) is 12.2 Å². The minimum absolute atomic E-state index is 0.0630. The van der Waals surface area contributed by atoms with E-state index in [1.807, 2.05) is 0 Å². The molecule has 1 saturated carbocycles. The second-order valence-electron chi connectivity index (χ2n) is 4.93. The summed E-state index contributed by atoms with van der Waals surface area (Å²) in [6.45, 7) is 1.56. The number of thioether (sulfide) groups is 1. The molecule has 1 unspecified atom stereocenters. The molecule has 1 fully saturated rings. The quantitative estimate of drug-likeness (QED) is 0.707. The fraction of sp³-hybridized carbons (Fsp3) is 0.857. The van der Waals surface area contributed by atoms with Crippen LogP contribution in [0.4, 0.5) is 0 Å². The van der Waals surface area contributed by atoms with E-state index in [2.05, 4.69) is 0 Å². The lowest BCUT2D eigenvalue weighted by Crippen LogP contribution is -2.18. The van der Waals surface area contributed by atoms with Gasteiger partial charge in [-0.2, -0.15) is 0 Å². The Hall–Kier alpha value is -0.310. The number of ketones is 1. The van der Waals surface area contributed by atoms with Gasteiger partial charge >= 0.3 is 0 Å². The smallest absolute Gasteiger partial charge is 0.186 e. The second kappa shape index (κ2) is 8.73. The lowest BCUT2D eigenvalue weighted by Gasteiger charge is -2.14. The monoisotopic (exact) mass is 256 g/mol. The van der Waals surface area contributed by atoms with Crippen LogP contribution >= 0.6 is 11.8 Å². The van der Waals surface area contributed by atoms with Crippen molar-refractivity contribution in [1.29, 1.82) is 0 Å². The molecule has 0 saturated heterocycles. The number of hydrogen-bond acceptors (Lipinski definition) is 3. The second-order valence-corrected chi connectivity index (χ2v) is 6.31. The van der Waals surface area contributed by atoms with Crippen molar-refractivity contribution in [2.75, 3.05) is 0 Å². The molecule has 3 heteroatoms. The topological polar surface area (TPSA) is 34.1 Å². The third-order valence-corrected chi connectivity index (χ3v) is 4.42. The maximum Gasteiger partial charge on any atom is 0.186 e. The van der Waals surface area contributed by atoms with Crippen LogP contribution in [-0.4, -0.2) is 16.1 Å². The average Bonchev–Trinajstić information content (AvgIpc) is 2.27. The Balaban J connectivity index is 2.45. The number of carbonyl (C=O) groups is 2. The molecule has 1 atom stereocenters. The van der Waals surface area contributed by atoms with Crippen molar-refractivity contribution >= 4 is 22.7 Å². The van der Waals surface area contributed by atoms with Crippen LogP contribution in [0.3, 0.4) is 0 Å². The van der Waals surface area contributed by atoms with Crippen LogP contribution < -0.4 is 0 Å². The molecular formula is C14H24O2S. The molecule has 0 aliphatic heterocycles. The van der Waals surface area contributed by atoms with Crippen molar-refractivity contribution in [2.45, 2.75) is 76.4 Å². The molecule has 1 aliphatic carbocycles. The molecule has 1 rings (SSSR count). The van der Waals surface area contributed by atoms with Crippen molar-refractivity contribution < 1.29 is 9.59 Å². The van der Waals surface area contributed by atoms with E-state index in [-0.39, 0.29) is 10.4 Å². The van der Waals surface area contributed by atoms with Gasteiger partial charge in [0.2, 0.25) is 0 Å². The van der Waals surface area contributed by atoms with Gasteiger partial charge in [0.05, 0.1) is 5.25 Å². The third kappa shape index (κ3) is 6.87. The van der Waals surface area contributed by atoms with Gasteiger partial charge in [-0.1, -0.05) is 56.7 Å². The summed E-state index contributed by atoms with van der Waals surface area (Å²) in [4.78, 5) is 23.1. The van der Waals surface area contributed by atoms with Crippen LogP contribution in [0, 0.1) is 0 Å². The highest BCUT2D eigenvalue weighted by Gasteiger charge is 2.20. The summed E-state index contributed by atoms with van der Waals surface area (Å²) < 4.78 is 0. The van der Waals surface area contributed by atoms with E-state index in [1.165, 1.54) is 50.3 Å². The summed E-state index contributed by atoms with van der Waals surface area (Å²) >= 11 is 1.25. The van der Waals surface area contributed by atoms with Gasteiger partial charge in [-0.15, -0.1) is 0 Å². The van der Waals surface area contributed by atoms with E-state index in [4.69, 9.17) is 0 Å². The SMILES string of the molecule is CC(=O)SC1CCCCCCCCCCC1=O. The van der Waals surface area contributed by atoms with Gasteiger partial charge in [-0.25, -0.2) is 0 Å². The molecule has 0 N–H and O–H groups in total. The van der Waals surface area contributed by atoms with Gasteiger partial charge in [0, 0.05) is 13.3 Å². The van der Waals surface area contributed by atoms with Crippen molar-refractivity contribution in [3.8, 4) is 0 Å². The first-order chi connectivity index (χ1) is 8.20. The zero-order valence-electron chi connectivity index (χ0n) is 10.9. The Labute approximate surface area is 109 Å². The van der Waals surface area contributed by atoms with Crippen LogP contribution in [-0.2, 0) is 9.59 Å². The van der Waals surface area contributed by atoms with Gasteiger partial charge in [-0.3, -0.25) is 9.59 Å². The summed E-state index contributed by atoms with van der Waals surface area (Å²) in [6.07, 6.45) is 11.2. The zero-order chi connectivity index (χ0) is 12.5. The van der Waals surface area contributed by atoms with E-state index in [9.17, 15) is 9.59 Å². The first-order valence-corrected chi connectivity index (χ1v) is 7.78. The Morgan fingerprint density at radius 3 is 2.12 bits per heavy atom. The first-order valence-electron chi connectivity index (χ1n) is 6.90. The number of hydrogen-bond donors (Lipinski definition) is 0. The standard InChI is InChI=1S/C14H24O2S/c1-12(15)17-14-11-9-7-5-3-2-4-6-8-10-13(14)16/h14H,2-11H2,1H3. The summed E-state index contributed by atoms with van der Waals surface area (Å²) in [5, 5.41) is 0.0161. The predicted octanol–water partition coefficient (Wildman–Crippen LogP) is 4.12. The Morgan fingerprint density at radius 1 is 1.00 bits per heavy atom. The molecule has 0 aromatic heterocycles. The molecule has 0 bridgehead atoms. The maximum absolute atomic E-state index is 12.0. The average molecular weight is 256 g/mol. The predicted molar refractivity (Wildman–Crippen MR) is 73.2 cm³/mol. The van der Waals surface area contributed by atoms with Crippen molar-refractivity contribution in [1.82, 2.24) is 0 Å². The minimum Gasteiger partial charge on any atom is -0.298 e. The maximum atomic E-state index is 12.0. The molecule has 2 nitrogen and oxygen atoms in total. The van der Waals surface area contributed by atoms with Gasteiger partial charge in [0.15, 0.2) is 5.12 Å². The van der Waals surface area contributed by atoms with Crippen molar-refractivity contribution in [2.24, 2.45) is 0 Å². The molecule has 0 amide bonds. The van der Waals surface area contributed by atoms with Gasteiger partial charge in [-0.05, 0) is 12.8 Å². The number of rotatable bonds is 1. The van der Waals surface area contributed by atoms with E-state index in [0.717, 1.165) is 19.3 Å². The molecule has 98 valence electrons. The summed E-state index contributed by atoms with van der Waals surface area (Å²) in [5.74, 6) is 0.297. The summed E-state index contributed by atoms with van der Waals surface area (Å²) in [6, 6.07) is 0. The summed E-state index contributed by atoms with van der Waals surface area (Å²) in [7, 11) is 0. The lowest BCUT2D eigenvalue weighted by atomic mass is 10.0. The van der Waals surface area contributed by atoms with Gasteiger partial charge < -0.3 is 0 Å². The highest BCUT2D eigenvalue weighted by molar-refractivity contribution is 8.14. The van der Waals surface area contributed by atoms with Gasteiger partial charge in [0.25, 0.3) is 0 Å².